The standard InChI is InChI=1S/C21H16N2O4/c1-25-17-6-5-13(10-19(17)26-2)20-21-15(7-9-23-20)16(24)11-18(27-21)14-4-3-8-22-12-14/h3-12H,1-2H3. The second-order valence-corrected chi connectivity index (χ2v) is 5.82. The van der Waals surface area contributed by atoms with Crippen molar-refractivity contribution in [3.63, 3.8) is 0 Å². The van der Waals surface area contributed by atoms with Crippen molar-refractivity contribution in [1.82, 2.24) is 9.97 Å². The van der Waals surface area contributed by atoms with Crippen molar-refractivity contribution in [1.29, 1.82) is 0 Å². The first-order valence-electron chi connectivity index (χ1n) is 8.27. The molecule has 27 heavy (non-hydrogen) atoms. The van der Waals surface area contributed by atoms with Gasteiger partial charge in [0.05, 0.1) is 19.6 Å². The minimum atomic E-state index is -0.140. The van der Waals surface area contributed by atoms with Gasteiger partial charge in [-0.1, -0.05) is 0 Å². The Morgan fingerprint density at radius 2 is 1.78 bits per heavy atom. The van der Waals surface area contributed by atoms with E-state index in [9.17, 15) is 4.79 Å². The monoisotopic (exact) mass is 360 g/mol. The van der Waals surface area contributed by atoms with Gasteiger partial charge in [0.1, 0.15) is 11.5 Å². The van der Waals surface area contributed by atoms with Crippen molar-refractivity contribution < 1.29 is 13.9 Å². The summed E-state index contributed by atoms with van der Waals surface area (Å²) in [5.74, 6) is 1.62. The third-order valence-corrected chi connectivity index (χ3v) is 4.25. The molecule has 0 aliphatic heterocycles. The highest BCUT2D eigenvalue weighted by Crippen LogP contribution is 2.34. The number of fused-ring (bicyclic) bond motifs is 1. The van der Waals surface area contributed by atoms with Gasteiger partial charge in [-0.25, -0.2) is 0 Å². The molecule has 1 aromatic carbocycles. The van der Waals surface area contributed by atoms with Crippen LogP contribution in [-0.4, -0.2) is 24.2 Å². The zero-order chi connectivity index (χ0) is 18.8. The Hall–Kier alpha value is -3.67. The summed E-state index contributed by atoms with van der Waals surface area (Å²) in [6, 6.07) is 12.2. The molecule has 0 atom stereocenters. The van der Waals surface area contributed by atoms with Gasteiger partial charge >= 0.3 is 0 Å². The lowest BCUT2D eigenvalue weighted by Crippen LogP contribution is -2.02. The molecular formula is C21H16N2O4. The Morgan fingerprint density at radius 3 is 2.52 bits per heavy atom. The van der Waals surface area contributed by atoms with E-state index in [-0.39, 0.29) is 5.43 Å². The van der Waals surface area contributed by atoms with E-state index in [4.69, 9.17) is 13.9 Å². The van der Waals surface area contributed by atoms with E-state index in [0.717, 1.165) is 11.1 Å². The molecule has 0 spiro atoms. The number of hydrogen-bond donors (Lipinski definition) is 0. The molecule has 0 unspecified atom stereocenters. The van der Waals surface area contributed by atoms with Crippen molar-refractivity contribution in [2.45, 2.75) is 0 Å². The lowest BCUT2D eigenvalue weighted by atomic mass is 10.1. The Morgan fingerprint density at radius 1 is 0.926 bits per heavy atom. The molecule has 0 amide bonds. The average molecular weight is 360 g/mol. The van der Waals surface area contributed by atoms with E-state index in [1.165, 1.54) is 6.07 Å². The first kappa shape index (κ1) is 16.8. The van der Waals surface area contributed by atoms with Crippen LogP contribution in [0.1, 0.15) is 0 Å². The van der Waals surface area contributed by atoms with Crippen LogP contribution in [0.4, 0.5) is 0 Å². The maximum absolute atomic E-state index is 12.6. The molecule has 6 heteroatoms. The molecule has 0 saturated heterocycles. The predicted octanol–water partition coefficient (Wildman–Crippen LogP) is 3.93. The highest BCUT2D eigenvalue weighted by atomic mass is 16.5. The van der Waals surface area contributed by atoms with Crippen LogP contribution in [0.3, 0.4) is 0 Å². The summed E-state index contributed by atoms with van der Waals surface area (Å²) in [7, 11) is 3.14. The van der Waals surface area contributed by atoms with Crippen molar-refractivity contribution in [2.75, 3.05) is 14.2 Å². The van der Waals surface area contributed by atoms with Gasteiger partial charge in [-0.3, -0.25) is 14.8 Å². The van der Waals surface area contributed by atoms with E-state index in [2.05, 4.69) is 9.97 Å². The van der Waals surface area contributed by atoms with E-state index >= 15 is 0 Å². The average Bonchev–Trinajstić information content (AvgIpc) is 2.73. The number of nitrogens with zero attached hydrogens (tertiary/aromatic N) is 2. The van der Waals surface area contributed by atoms with E-state index in [1.54, 1.807) is 57.1 Å². The van der Waals surface area contributed by atoms with Gasteiger partial charge in [0.25, 0.3) is 0 Å². The Balaban J connectivity index is 1.96. The van der Waals surface area contributed by atoms with E-state index < -0.39 is 0 Å². The molecule has 6 nitrogen and oxygen atoms in total. The summed E-state index contributed by atoms with van der Waals surface area (Å²) < 4.78 is 16.7. The number of hydrogen-bond acceptors (Lipinski definition) is 6. The van der Waals surface area contributed by atoms with Crippen LogP contribution in [0.2, 0.25) is 0 Å². The van der Waals surface area contributed by atoms with Crippen molar-refractivity contribution in [3.05, 3.63) is 71.3 Å². The lowest BCUT2D eigenvalue weighted by Gasteiger charge is -2.11. The Kier molecular flexibility index (Phi) is 4.30. The van der Waals surface area contributed by atoms with E-state index in [1.807, 2.05) is 12.1 Å². The molecule has 4 aromatic rings. The third kappa shape index (κ3) is 3.01. The number of ether oxygens (including phenoxy) is 2. The largest absolute Gasteiger partial charge is 0.493 e. The summed E-state index contributed by atoms with van der Waals surface area (Å²) in [5, 5.41) is 0.461. The smallest absolute Gasteiger partial charge is 0.193 e. The Bertz CT molecular complexity index is 1170. The zero-order valence-corrected chi connectivity index (χ0v) is 14.8. The third-order valence-electron chi connectivity index (χ3n) is 4.25. The topological polar surface area (TPSA) is 74.5 Å². The SMILES string of the molecule is COc1ccc(-c2nccc3c(=O)cc(-c4cccnc4)oc23)cc1OC. The number of aromatic nitrogens is 2. The van der Waals surface area contributed by atoms with Crippen molar-refractivity contribution >= 4 is 11.0 Å². The lowest BCUT2D eigenvalue weighted by molar-refractivity contribution is 0.355. The molecule has 0 saturated carbocycles. The molecule has 3 heterocycles. The zero-order valence-electron chi connectivity index (χ0n) is 14.8. The molecule has 0 aliphatic rings. The highest BCUT2D eigenvalue weighted by Gasteiger charge is 2.15. The van der Waals surface area contributed by atoms with E-state index in [0.29, 0.717) is 33.9 Å². The summed E-state index contributed by atoms with van der Waals surface area (Å²) in [6.45, 7) is 0. The molecule has 0 fully saturated rings. The van der Waals surface area contributed by atoms with Crippen LogP contribution in [0.15, 0.2) is 70.3 Å². The number of rotatable bonds is 4. The number of benzene rings is 1. The van der Waals surface area contributed by atoms with Gasteiger partial charge < -0.3 is 13.9 Å². The van der Waals surface area contributed by atoms with Crippen molar-refractivity contribution in [2.24, 2.45) is 0 Å². The first-order chi connectivity index (χ1) is 13.2. The van der Waals surface area contributed by atoms with Crippen LogP contribution in [0.25, 0.3) is 33.6 Å². The quantitative estimate of drug-likeness (QED) is 0.549. The van der Waals surface area contributed by atoms with Crippen LogP contribution in [-0.2, 0) is 0 Å². The fourth-order valence-electron chi connectivity index (χ4n) is 2.92. The van der Waals surface area contributed by atoms with Crippen molar-refractivity contribution in [3.8, 4) is 34.1 Å². The molecular weight excluding hydrogens is 344 g/mol. The number of methoxy groups -OCH3 is 2. The molecule has 4 rings (SSSR count). The van der Waals surface area contributed by atoms with Gasteiger partial charge in [0.2, 0.25) is 0 Å². The second-order valence-electron chi connectivity index (χ2n) is 5.82. The van der Waals surface area contributed by atoms with Crippen LogP contribution >= 0.6 is 0 Å². The fraction of sp³-hybridized carbons (Fsp3) is 0.0952. The summed E-state index contributed by atoms with van der Waals surface area (Å²) in [5.41, 5.74) is 2.30. The van der Waals surface area contributed by atoms with Crippen LogP contribution in [0.5, 0.6) is 11.5 Å². The van der Waals surface area contributed by atoms with Gasteiger partial charge in [-0.15, -0.1) is 0 Å². The maximum Gasteiger partial charge on any atom is 0.193 e. The molecule has 0 N–H and O–H groups in total. The molecule has 3 aromatic heterocycles. The molecule has 0 radical (unpaired) electrons. The predicted molar refractivity (Wildman–Crippen MR) is 102 cm³/mol. The minimum absolute atomic E-state index is 0.140. The molecule has 0 aliphatic carbocycles. The highest BCUT2D eigenvalue weighted by molar-refractivity contribution is 5.90. The Labute approximate surface area is 155 Å². The van der Waals surface area contributed by atoms with Gasteiger partial charge in [0, 0.05) is 35.8 Å². The number of pyridine rings is 2. The molecule has 134 valence electrons. The summed E-state index contributed by atoms with van der Waals surface area (Å²) in [4.78, 5) is 21.2. The van der Waals surface area contributed by atoms with Gasteiger partial charge in [-0.05, 0) is 36.4 Å². The summed E-state index contributed by atoms with van der Waals surface area (Å²) in [6.07, 6.45) is 4.91. The fourth-order valence-corrected chi connectivity index (χ4v) is 2.92. The first-order valence-corrected chi connectivity index (χ1v) is 8.27. The summed E-state index contributed by atoms with van der Waals surface area (Å²) >= 11 is 0. The minimum Gasteiger partial charge on any atom is -0.493 e. The van der Waals surface area contributed by atoms with Gasteiger partial charge in [0.15, 0.2) is 22.5 Å². The van der Waals surface area contributed by atoms with Gasteiger partial charge in [-0.2, -0.15) is 0 Å². The second kappa shape index (κ2) is 6.92. The van der Waals surface area contributed by atoms with Crippen LogP contribution < -0.4 is 14.9 Å². The van der Waals surface area contributed by atoms with Crippen LogP contribution in [0, 0.1) is 0 Å². The normalized spacial score (nSPS) is 10.7. The maximum atomic E-state index is 12.6. The molecule has 0 bridgehead atoms.